The number of hydrogen-bond acceptors (Lipinski definition) is 7. The van der Waals surface area contributed by atoms with E-state index in [4.69, 9.17) is 29.9 Å². The molecule has 0 spiro atoms. The minimum Gasteiger partial charge on any atom is -0.347 e. The molecule has 2 aliphatic heterocycles. The van der Waals surface area contributed by atoms with Crippen LogP contribution in [0.25, 0.3) is 0 Å². The largest absolute Gasteiger partial charge is 0.475 e. The summed E-state index contributed by atoms with van der Waals surface area (Å²) >= 11 is 6.58. The molecule has 0 aliphatic carbocycles. The van der Waals surface area contributed by atoms with Crippen molar-refractivity contribution in [3.63, 3.8) is 0 Å². The van der Waals surface area contributed by atoms with Gasteiger partial charge in [-0.25, -0.2) is 9.36 Å². The molecule has 0 unspecified atom stereocenters. The summed E-state index contributed by atoms with van der Waals surface area (Å²) < 4.78 is 35.4. The molecule has 24 heavy (non-hydrogen) atoms. The van der Waals surface area contributed by atoms with E-state index >= 15 is 0 Å². The quantitative estimate of drug-likeness (QED) is 0.623. The van der Waals surface area contributed by atoms with Crippen LogP contribution in [0.1, 0.15) is 27.0 Å². The van der Waals surface area contributed by atoms with Crippen molar-refractivity contribution < 1.29 is 22.9 Å². The number of ether oxygens (including phenoxy) is 1. The molecule has 1 N–H and O–H groups in total. The van der Waals surface area contributed by atoms with Crippen LogP contribution < -0.4 is 11.2 Å². The summed E-state index contributed by atoms with van der Waals surface area (Å²) in [4.78, 5) is 24.1. The molecule has 3 heterocycles. The van der Waals surface area contributed by atoms with Gasteiger partial charge in [-0.3, -0.25) is 27.9 Å². The zero-order valence-corrected chi connectivity index (χ0v) is 15.0. The van der Waals surface area contributed by atoms with E-state index < -0.39 is 42.4 Å². The van der Waals surface area contributed by atoms with Gasteiger partial charge in [0.25, 0.3) is 5.56 Å². The minimum absolute atomic E-state index is 0.0500. The summed E-state index contributed by atoms with van der Waals surface area (Å²) in [6.45, 7) is 4.95. The third kappa shape index (κ3) is 3.12. The first-order chi connectivity index (χ1) is 11.1. The maximum absolute atomic E-state index is 12.5. The number of hydrogen-bond donors (Lipinski definition) is 1. The fourth-order valence-electron chi connectivity index (χ4n) is 2.77. The van der Waals surface area contributed by atoms with E-state index in [0.717, 1.165) is 4.57 Å². The average Bonchev–Trinajstić information content (AvgIpc) is 2.69. The lowest BCUT2D eigenvalue weighted by molar-refractivity contribution is -0.0748. The molecule has 11 heteroatoms. The first-order valence-corrected chi connectivity index (χ1v) is 9.23. The highest BCUT2D eigenvalue weighted by atomic mass is 35.5. The molecular formula is C13H18ClN2O7P. The van der Waals surface area contributed by atoms with Gasteiger partial charge in [-0.15, -0.1) is 11.6 Å². The van der Waals surface area contributed by atoms with Crippen LogP contribution in [-0.2, 0) is 22.9 Å². The maximum Gasteiger partial charge on any atom is 0.475 e. The smallest absolute Gasteiger partial charge is 0.347 e. The van der Waals surface area contributed by atoms with Crippen LogP contribution in [-0.4, -0.2) is 39.3 Å². The summed E-state index contributed by atoms with van der Waals surface area (Å²) in [5.41, 5.74) is -1.20. The molecule has 0 amide bonds. The fourth-order valence-corrected chi connectivity index (χ4v) is 4.82. The zero-order chi connectivity index (χ0) is 17.7. The Hall–Kier alpha value is -0.960. The number of phosphoric acid groups is 1. The second kappa shape index (κ2) is 6.09. The van der Waals surface area contributed by atoms with Gasteiger partial charge in [-0.2, -0.15) is 0 Å². The normalized spacial score (nSPS) is 39.1. The summed E-state index contributed by atoms with van der Waals surface area (Å²) in [5, 5.41) is 0. The third-order valence-electron chi connectivity index (χ3n) is 3.76. The number of fused-ring (bicyclic) bond motifs is 1. The van der Waals surface area contributed by atoms with E-state index in [0.29, 0.717) is 0 Å². The van der Waals surface area contributed by atoms with Crippen molar-refractivity contribution in [3.8, 4) is 0 Å². The summed E-state index contributed by atoms with van der Waals surface area (Å²) in [6.07, 6.45) is -1.47. The van der Waals surface area contributed by atoms with Crippen molar-refractivity contribution in [1.29, 1.82) is 0 Å². The van der Waals surface area contributed by atoms with E-state index in [-0.39, 0.29) is 12.7 Å². The standard InChI is InChI=1S/C13H18ClN2O7P/c1-7(2)22-24(19)20-6-8-10(23-24)13(3,14)11(21-8)16-5-4-9(17)15-12(16)18/h4-5,7-8,10-11H,6H2,1-3H3,(H,15,17,18)/t8-,10-,11-,13-,24-/m1/s1. The average molecular weight is 381 g/mol. The van der Waals surface area contributed by atoms with Gasteiger partial charge in [0, 0.05) is 12.3 Å². The first-order valence-electron chi connectivity index (χ1n) is 7.39. The van der Waals surface area contributed by atoms with Crippen molar-refractivity contribution in [2.24, 2.45) is 0 Å². The van der Waals surface area contributed by atoms with Crippen molar-refractivity contribution in [3.05, 3.63) is 33.1 Å². The molecule has 2 aliphatic rings. The molecule has 3 rings (SSSR count). The third-order valence-corrected chi connectivity index (χ3v) is 5.80. The number of nitrogens with one attached hydrogen (secondary N) is 1. The minimum atomic E-state index is -3.77. The molecule has 2 saturated heterocycles. The monoisotopic (exact) mass is 380 g/mol. The Balaban J connectivity index is 1.91. The predicted octanol–water partition coefficient (Wildman–Crippen LogP) is 1.38. The summed E-state index contributed by atoms with van der Waals surface area (Å²) in [5.74, 6) is 0. The molecule has 5 atom stereocenters. The highest BCUT2D eigenvalue weighted by Gasteiger charge is 2.60. The number of halogens is 1. The van der Waals surface area contributed by atoms with Crippen LogP contribution in [0.3, 0.4) is 0 Å². The van der Waals surface area contributed by atoms with E-state index in [2.05, 4.69) is 4.98 Å². The molecule has 1 aromatic rings. The van der Waals surface area contributed by atoms with Gasteiger partial charge in [0.15, 0.2) is 6.23 Å². The summed E-state index contributed by atoms with van der Waals surface area (Å²) in [6, 6.07) is 1.18. The Morgan fingerprint density at radius 2 is 2.21 bits per heavy atom. The Morgan fingerprint density at radius 3 is 2.83 bits per heavy atom. The topological polar surface area (TPSA) is 109 Å². The van der Waals surface area contributed by atoms with Crippen LogP contribution in [0.2, 0.25) is 0 Å². The second-order valence-electron chi connectivity index (χ2n) is 6.12. The molecule has 0 bridgehead atoms. The van der Waals surface area contributed by atoms with Crippen molar-refractivity contribution in [1.82, 2.24) is 9.55 Å². The fraction of sp³-hybridized carbons (Fsp3) is 0.692. The highest BCUT2D eigenvalue weighted by Crippen LogP contribution is 2.60. The Bertz CT molecular complexity index is 789. The lowest BCUT2D eigenvalue weighted by Gasteiger charge is -2.35. The molecule has 0 radical (unpaired) electrons. The molecule has 0 saturated carbocycles. The van der Waals surface area contributed by atoms with E-state index in [1.807, 2.05) is 0 Å². The van der Waals surface area contributed by atoms with Crippen LogP contribution in [0.4, 0.5) is 0 Å². The van der Waals surface area contributed by atoms with Gasteiger partial charge < -0.3 is 4.74 Å². The predicted molar refractivity (Wildman–Crippen MR) is 84.1 cm³/mol. The maximum atomic E-state index is 12.5. The van der Waals surface area contributed by atoms with E-state index in [9.17, 15) is 14.2 Å². The molecule has 0 aromatic carbocycles. The van der Waals surface area contributed by atoms with E-state index in [1.54, 1.807) is 20.8 Å². The van der Waals surface area contributed by atoms with Crippen molar-refractivity contribution in [2.75, 3.05) is 6.61 Å². The molecule has 9 nitrogen and oxygen atoms in total. The molecule has 2 fully saturated rings. The number of H-pyrrole nitrogens is 1. The van der Waals surface area contributed by atoms with Gasteiger partial charge in [-0.1, -0.05) is 0 Å². The van der Waals surface area contributed by atoms with Gasteiger partial charge >= 0.3 is 13.5 Å². The number of nitrogens with zero attached hydrogens (tertiary/aromatic N) is 1. The number of aromatic nitrogens is 2. The number of aromatic amines is 1. The number of rotatable bonds is 3. The van der Waals surface area contributed by atoms with Crippen LogP contribution in [0, 0.1) is 0 Å². The van der Waals surface area contributed by atoms with Gasteiger partial charge in [0.2, 0.25) is 0 Å². The van der Waals surface area contributed by atoms with Crippen LogP contribution in [0.15, 0.2) is 21.9 Å². The van der Waals surface area contributed by atoms with Gasteiger partial charge in [0.1, 0.15) is 17.1 Å². The Morgan fingerprint density at radius 1 is 1.50 bits per heavy atom. The second-order valence-corrected chi connectivity index (χ2v) is 8.51. The number of phosphoric ester groups is 1. The highest BCUT2D eigenvalue weighted by molar-refractivity contribution is 7.48. The first kappa shape index (κ1) is 17.8. The van der Waals surface area contributed by atoms with Crippen molar-refractivity contribution >= 4 is 19.4 Å². The zero-order valence-electron chi connectivity index (χ0n) is 13.3. The van der Waals surface area contributed by atoms with Crippen LogP contribution in [0.5, 0.6) is 0 Å². The van der Waals surface area contributed by atoms with Gasteiger partial charge in [0.05, 0.1) is 12.7 Å². The summed E-state index contributed by atoms with van der Waals surface area (Å²) in [7, 11) is -3.77. The number of alkyl halides is 1. The van der Waals surface area contributed by atoms with Gasteiger partial charge in [-0.05, 0) is 20.8 Å². The lowest BCUT2D eigenvalue weighted by Crippen LogP contribution is -2.45. The lowest BCUT2D eigenvalue weighted by atomic mass is 10.0. The van der Waals surface area contributed by atoms with Crippen LogP contribution >= 0.6 is 19.4 Å². The Labute approximate surface area is 142 Å². The van der Waals surface area contributed by atoms with E-state index in [1.165, 1.54) is 12.3 Å². The van der Waals surface area contributed by atoms with Crippen molar-refractivity contribution in [2.45, 2.75) is 50.2 Å². The molecule has 1 aromatic heterocycles. The molecule has 134 valence electrons. The SMILES string of the molecule is CC(C)O[P@@]1(=O)OC[C@H]2O[C@@H](n3ccc(=O)[nH]c3=O)[C@](C)(Cl)[C@@H]2O1. The molecular weight excluding hydrogens is 363 g/mol. The Kier molecular flexibility index (Phi) is 4.53.